The van der Waals surface area contributed by atoms with Gasteiger partial charge < -0.3 is 14.8 Å². The molecule has 0 saturated heterocycles. The number of hydrogen-bond donors (Lipinski definition) is 1. The van der Waals surface area contributed by atoms with Crippen molar-refractivity contribution in [3.63, 3.8) is 0 Å². The van der Waals surface area contributed by atoms with E-state index in [2.05, 4.69) is 27.2 Å². The maximum Gasteiger partial charge on any atom is 0.266 e. The Bertz CT molecular complexity index is 984. The van der Waals surface area contributed by atoms with Crippen LogP contribution in [0, 0.1) is 30.6 Å². The first-order chi connectivity index (χ1) is 13.5. The molecule has 142 valence electrons. The Morgan fingerprint density at radius 2 is 2.11 bits per heavy atom. The number of carbonyl (C=O) groups excluding carboxylic acids is 1. The minimum Gasteiger partial charge on any atom is -0.490 e. The zero-order valence-electron chi connectivity index (χ0n) is 15.6. The topological polar surface area (TPSA) is 71.3 Å². The average Bonchev–Trinajstić information content (AvgIpc) is 2.65. The molecule has 0 saturated carbocycles. The van der Waals surface area contributed by atoms with Crippen molar-refractivity contribution in [1.82, 2.24) is 0 Å². The van der Waals surface area contributed by atoms with Crippen molar-refractivity contribution in [2.75, 3.05) is 18.5 Å². The number of carbonyl (C=O) groups is 1. The van der Waals surface area contributed by atoms with E-state index in [1.807, 2.05) is 38.1 Å². The van der Waals surface area contributed by atoms with E-state index in [1.165, 1.54) is 6.08 Å². The molecule has 0 fully saturated rings. The highest BCUT2D eigenvalue weighted by Crippen LogP contribution is 2.37. The monoisotopic (exact) mass is 438 g/mol. The van der Waals surface area contributed by atoms with Gasteiger partial charge in [-0.15, -0.1) is 6.42 Å². The van der Waals surface area contributed by atoms with Crippen LogP contribution in [-0.4, -0.2) is 19.1 Å². The van der Waals surface area contributed by atoms with Crippen molar-refractivity contribution in [2.45, 2.75) is 13.8 Å². The van der Waals surface area contributed by atoms with E-state index in [4.69, 9.17) is 15.9 Å². The molecule has 1 amide bonds. The molecule has 28 heavy (non-hydrogen) atoms. The maximum atomic E-state index is 12.5. The molecule has 5 nitrogen and oxygen atoms in total. The van der Waals surface area contributed by atoms with Crippen molar-refractivity contribution < 1.29 is 14.3 Å². The lowest BCUT2D eigenvalue weighted by Crippen LogP contribution is -2.13. The van der Waals surface area contributed by atoms with Gasteiger partial charge in [0, 0.05) is 5.69 Å². The zero-order chi connectivity index (χ0) is 20.5. The predicted octanol–water partition coefficient (Wildman–Crippen LogP) is 4.71. The standard InChI is InChI=1S/C22H19BrN2O3/c1-4-9-28-21-19(23)12-16(13-20(21)27-5-2)11-17(14-24)22(26)25-18-8-6-7-15(3)10-18/h1,6-8,10-13H,5,9H2,2-3H3,(H,25,26)/b17-11+. The van der Waals surface area contributed by atoms with Crippen LogP contribution < -0.4 is 14.8 Å². The van der Waals surface area contributed by atoms with Crippen molar-refractivity contribution in [1.29, 1.82) is 5.26 Å². The van der Waals surface area contributed by atoms with Crippen LogP contribution in [0.1, 0.15) is 18.1 Å². The molecule has 0 aliphatic carbocycles. The van der Waals surface area contributed by atoms with E-state index in [-0.39, 0.29) is 12.2 Å². The Morgan fingerprint density at radius 3 is 2.75 bits per heavy atom. The van der Waals surface area contributed by atoms with Crippen LogP contribution in [0.3, 0.4) is 0 Å². The number of nitrogens with zero attached hydrogens (tertiary/aromatic N) is 1. The van der Waals surface area contributed by atoms with Crippen LogP contribution in [0.2, 0.25) is 0 Å². The van der Waals surface area contributed by atoms with Gasteiger partial charge >= 0.3 is 0 Å². The molecule has 0 spiro atoms. The number of terminal acetylenes is 1. The molecule has 0 heterocycles. The molecular formula is C22H19BrN2O3. The molecule has 2 rings (SSSR count). The number of nitriles is 1. The maximum absolute atomic E-state index is 12.5. The third kappa shape index (κ3) is 5.64. The third-order valence-corrected chi connectivity index (χ3v) is 4.17. The summed E-state index contributed by atoms with van der Waals surface area (Å²) in [6, 6.07) is 12.7. The molecular weight excluding hydrogens is 420 g/mol. The van der Waals surface area contributed by atoms with Crippen LogP contribution in [0.4, 0.5) is 5.69 Å². The summed E-state index contributed by atoms with van der Waals surface area (Å²) in [5.74, 6) is 2.85. The van der Waals surface area contributed by atoms with Gasteiger partial charge in [-0.1, -0.05) is 18.1 Å². The SMILES string of the molecule is C#CCOc1c(Br)cc(/C=C(\C#N)C(=O)Nc2cccc(C)c2)cc1OCC. The van der Waals surface area contributed by atoms with Crippen molar-refractivity contribution in [2.24, 2.45) is 0 Å². The van der Waals surface area contributed by atoms with E-state index < -0.39 is 5.91 Å². The first kappa shape index (κ1) is 21.1. The summed E-state index contributed by atoms with van der Waals surface area (Å²) < 4.78 is 11.7. The molecule has 2 aromatic carbocycles. The second-order valence-electron chi connectivity index (χ2n) is 5.75. The summed E-state index contributed by atoms with van der Waals surface area (Å²) >= 11 is 3.42. The summed E-state index contributed by atoms with van der Waals surface area (Å²) in [6.07, 6.45) is 6.74. The van der Waals surface area contributed by atoms with E-state index in [9.17, 15) is 10.1 Å². The Kier molecular flexibility index (Phi) is 7.68. The minimum absolute atomic E-state index is 0.0341. The zero-order valence-corrected chi connectivity index (χ0v) is 17.2. The highest BCUT2D eigenvalue weighted by atomic mass is 79.9. The summed E-state index contributed by atoms with van der Waals surface area (Å²) in [5, 5.41) is 12.2. The Morgan fingerprint density at radius 1 is 1.32 bits per heavy atom. The summed E-state index contributed by atoms with van der Waals surface area (Å²) in [4.78, 5) is 12.5. The highest BCUT2D eigenvalue weighted by molar-refractivity contribution is 9.10. The van der Waals surface area contributed by atoms with Gasteiger partial charge in [0.2, 0.25) is 0 Å². The Hall–Kier alpha value is -3.22. The first-order valence-corrected chi connectivity index (χ1v) is 9.30. The van der Waals surface area contributed by atoms with Crippen LogP contribution in [0.25, 0.3) is 6.08 Å². The molecule has 0 atom stereocenters. The molecule has 1 N–H and O–H groups in total. The van der Waals surface area contributed by atoms with Crippen LogP contribution in [0.5, 0.6) is 11.5 Å². The first-order valence-electron chi connectivity index (χ1n) is 8.51. The van der Waals surface area contributed by atoms with Crippen molar-refractivity contribution in [3.8, 4) is 29.9 Å². The van der Waals surface area contributed by atoms with Gasteiger partial charge in [-0.3, -0.25) is 4.79 Å². The summed E-state index contributed by atoms with van der Waals surface area (Å²) in [6.45, 7) is 4.28. The number of hydrogen-bond acceptors (Lipinski definition) is 4. The second kappa shape index (κ2) is 10.2. The van der Waals surface area contributed by atoms with Gasteiger partial charge in [-0.2, -0.15) is 5.26 Å². The van der Waals surface area contributed by atoms with Crippen LogP contribution >= 0.6 is 15.9 Å². The number of halogens is 1. The Balaban J connectivity index is 2.33. The number of nitrogens with one attached hydrogen (secondary N) is 1. The fraction of sp³-hybridized carbons (Fsp3) is 0.182. The molecule has 0 aliphatic rings. The van der Waals surface area contributed by atoms with Crippen LogP contribution in [-0.2, 0) is 4.79 Å². The van der Waals surface area contributed by atoms with Gasteiger partial charge in [0.05, 0.1) is 11.1 Å². The number of rotatable bonds is 7. The van der Waals surface area contributed by atoms with E-state index in [0.717, 1.165) is 5.56 Å². The second-order valence-corrected chi connectivity index (χ2v) is 6.60. The normalized spacial score (nSPS) is 10.5. The van der Waals surface area contributed by atoms with Gasteiger partial charge in [0.15, 0.2) is 11.5 Å². The molecule has 0 aliphatic heterocycles. The van der Waals surface area contributed by atoms with E-state index >= 15 is 0 Å². The molecule has 0 radical (unpaired) electrons. The molecule has 6 heteroatoms. The lowest BCUT2D eigenvalue weighted by Gasteiger charge is -2.13. The molecule has 0 bridgehead atoms. The van der Waals surface area contributed by atoms with Gasteiger partial charge in [-0.25, -0.2) is 0 Å². The molecule has 2 aromatic rings. The van der Waals surface area contributed by atoms with Crippen molar-refractivity contribution >= 4 is 33.6 Å². The quantitative estimate of drug-likeness (QED) is 0.385. The highest BCUT2D eigenvalue weighted by Gasteiger charge is 2.14. The predicted molar refractivity (Wildman–Crippen MR) is 113 cm³/mol. The van der Waals surface area contributed by atoms with Gasteiger partial charge in [0.1, 0.15) is 18.2 Å². The van der Waals surface area contributed by atoms with Crippen LogP contribution in [0.15, 0.2) is 46.4 Å². The lowest BCUT2D eigenvalue weighted by molar-refractivity contribution is -0.112. The smallest absolute Gasteiger partial charge is 0.266 e. The number of anilines is 1. The number of aryl methyl sites for hydroxylation is 1. The van der Waals surface area contributed by atoms with E-state index in [1.54, 1.807) is 18.2 Å². The fourth-order valence-electron chi connectivity index (χ4n) is 2.42. The van der Waals surface area contributed by atoms with Gasteiger partial charge in [-0.05, 0) is 71.2 Å². The fourth-order valence-corrected chi connectivity index (χ4v) is 3.00. The molecule has 0 unspecified atom stereocenters. The summed E-state index contributed by atoms with van der Waals surface area (Å²) in [7, 11) is 0. The van der Waals surface area contributed by atoms with Gasteiger partial charge in [0.25, 0.3) is 5.91 Å². The third-order valence-electron chi connectivity index (χ3n) is 3.58. The number of ether oxygens (including phenoxy) is 2. The largest absolute Gasteiger partial charge is 0.490 e. The number of amides is 1. The lowest BCUT2D eigenvalue weighted by atomic mass is 10.1. The summed E-state index contributed by atoms with van der Waals surface area (Å²) in [5.41, 5.74) is 2.21. The Labute approximate surface area is 173 Å². The van der Waals surface area contributed by atoms with E-state index in [0.29, 0.717) is 33.8 Å². The van der Waals surface area contributed by atoms with Crippen molar-refractivity contribution in [3.05, 3.63) is 57.6 Å². The minimum atomic E-state index is -0.491. The molecule has 0 aromatic heterocycles. The number of benzene rings is 2. The average molecular weight is 439 g/mol.